The van der Waals surface area contributed by atoms with Gasteiger partial charge in [0.25, 0.3) is 5.91 Å². The van der Waals surface area contributed by atoms with Gasteiger partial charge in [-0.2, -0.15) is 0 Å². The number of amides is 1. The monoisotopic (exact) mass is 466 g/mol. The van der Waals surface area contributed by atoms with Crippen molar-refractivity contribution in [3.05, 3.63) is 99.1 Å². The summed E-state index contributed by atoms with van der Waals surface area (Å²) in [5.41, 5.74) is 2.66. The Morgan fingerprint density at radius 2 is 1.69 bits per heavy atom. The van der Waals surface area contributed by atoms with Crippen LogP contribution >= 0.6 is 27.5 Å². The van der Waals surface area contributed by atoms with Gasteiger partial charge in [-0.1, -0.05) is 51.8 Å². The van der Waals surface area contributed by atoms with Crippen LogP contribution in [0.1, 0.15) is 11.1 Å². The molecule has 6 heteroatoms. The summed E-state index contributed by atoms with van der Waals surface area (Å²) in [5.74, 6) is 0.965. The van der Waals surface area contributed by atoms with Gasteiger partial charge in [-0.15, -0.1) is 0 Å². The molecule has 1 heterocycles. The minimum atomic E-state index is -0.205. The molecule has 0 aliphatic carbocycles. The van der Waals surface area contributed by atoms with E-state index in [9.17, 15) is 4.79 Å². The van der Waals surface area contributed by atoms with Crippen molar-refractivity contribution in [2.24, 2.45) is 4.99 Å². The smallest absolute Gasteiger partial charge is 0.282 e. The van der Waals surface area contributed by atoms with E-state index in [1.54, 1.807) is 30.2 Å². The zero-order valence-electron chi connectivity index (χ0n) is 15.5. The van der Waals surface area contributed by atoms with Crippen LogP contribution in [0.4, 0.5) is 5.69 Å². The van der Waals surface area contributed by atoms with Crippen LogP contribution in [0.25, 0.3) is 6.08 Å². The van der Waals surface area contributed by atoms with E-state index < -0.39 is 0 Å². The van der Waals surface area contributed by atoms with Crippen molar-refractivity contribution >= 4 is 51.0 Å². The molecule has 144 valence electrons. The number of rotatable bonds is 4. The molecule has 4 nitrogen and oxygen atoms in total. The van der Waals surface area contributed by atoms with Crippen LogP contribution in [0.2, 0.25) is 5.02 Å². The molecule has 0 atom stereocenters. The Balaban J connectivity index is 1.85. The predicted molar refractivity (Wildman–Crippen MR) is 121 cm³/mol. The van der Waals surface area contributed by atoms with E-state index >= 15 is 0 Å². The topological polar surface area (TPSA) is 41.9 Å². The van der Waals surface area contributed by atoms with Crippen LogP contribution in [-0.4, -0.2) is 18.9 Å². The van der Waals surface area contributed by atoms with Crippen molar-refractivity contribution in [2.45, 2.75) is 0 Å². The summed E-state index contributed by atoms with van der Waals surface area (Å²) in [4.78, 5) is 19.6. The molecule has 0 saturated heterocycles. The Morgan fingerprint density at radius 3 is 2.38 bits per heavy atom. The highest BCUT2D eigenvalue weighted by molar-refractivity contribution is 9.10. The molecule has 0 radical (unpaired) electrons. The number of benzene rings is 3. The van der Waals surface area contributed by atoms with Gasteiger partial charge in [-0.3, -0.25) is 9.69 Å². The summed E-state index contributed by atoms with van der Waals surface area (Å²) in [5, 5.41) is 0.639. The Morgan fingerprint density at radius 1 is 1.00 bits per heavy atom. The van der Waals surface area contributed by atoms with Gasteiger partial charge >= 0.3 is 0 Å². The Hall–Kier alpha value is -2.89. The minimum absolute atomic E-state index is 0.205. The molecule has 0 unspecified atom stereocenters. The summed E-state index contributed by atoms with van der Waals surface area (Å²) in [6, 6.07) is 22.3. The van der Waals surface area contributed by atoms with Crippen molar-refractivity contribution in [2.75, 3.05) is 12.0 Å². The third-order valence-electron chi connectivity index (χ3n) is 4.47. The molecule has 1 aliphatic heterocycles. The van der Waals surface area contributed by atoms with Gasteiger partial charge in [0.05, 0.1) is 18.4 Å². The molecule has 29 heavy (non-hydrogen) atoms. The maximum atomic E-state index is 13.3. The predicted octanol–water partition coefficient (Wildman–Crippen LogP) is 5.95. The lowest BCUT2D eigenvalue weighted by Crippen LogP contribution is -2.32. The first kappa shape index (κ1) is 19.4. The quantitative estimate of drug-likeness (QED) is 0.445. The number of anilines is 1. The van der Waals surface area contributed by atoms with Gasteiger partial charge in [0.1, 0.15) is 11.4 Å². The number of halogens is 2. The minimum Gasteiger partial charge on any atom is -0.496 e. The van der Waals surface area contributed by atoms with E-state index in [0.29, 0.717) is 22.3 Å². The average Bonchev–Trinajstić information content (AvgIpc) is 3.06. The number of nitrogens with zero attached hydrogens (tertiary/aromatic N) is 2. The average molecular weight is 468 g/mol. The van der Waals surface area contributed by atoms with Crippen LogP contribution in [0.5, 0.6) is 5.75 Å². The highest BCUT2D eigenvalue weighted by Gasteiger charge is 2.33. The van der Waals surface area contributed by atoms with Crippen LogP contribution in [0.15, 0.2) is 88.0 Å². The van der Waals surface area contributed by atoms with E-state index in [2.05, 4.69) is 20.9 Å². The lowest BCUT2D eigenvalue weighted by atomic mass is 10.1. The standard InChI is InChI=1S/C23H16BrClN2O2/c1-29-21-5-3-2-4-19(21)22-26-20(14-15-6-10-17(25)11-7-15)23(28)27(22)18-12-8-16(24)9-13-18/h2-14H,1H3/b20-14+. The first-order valence-corrected chi connectivity index (χ1v) is 10.0. The largest absolute Gasteiger partial charge is 0.496 e. The lowest BCUT2D eigenvalue weighted by Gasteiger charge is -2.20. The Labute approximate surface area is 182 Å². The summed E-state index contributed by atoms with van der Waals surface area (Å²) in [7, 11) is 1.60. The number of hydrogen-bond donors (Lipinski definition) is 0. The molecule has 1 aliphatic rings. The number of amidine groups is 1. The van der Waals surface area contributed by atoms with Gasteiger partial charge in [-0.25, -0.2) is 4.99 Å². The first-order chi connectivity index (χ1) is 14.1. The lowest BCUT2D eigenvalue weighted by molar-refractivity contribution is -0.113. The summed E-state index contributed by atoms with van der Waals surface area (Å²) in [6.45, 7) is 0. The van der Waals surface area contributed by atoms with E-state index in [1.807, 2.05) is 60.7 Å². The Bertz CT molecular complexity index is 1120. The number of para-hydroxylation sites is 1. The van der Waals surface area contributed by atoms with Crippen LogP contribution in [0, 0.1) is 0 Å². The van der Waals surface area contributed by atoms with E-state index in [4.69, 9.17) is 16.3 Å². The van der Waals surface area contributed by atoms with E-state index in [-0.39, 0.29) is 5.91 Å². The summed E-state index contributed by atoms with van der Waals surface area (Å²) < 4.78 is 6.43. The van der Waals surface area contributed by atoms with Crippen molar-refractivity contribution in [1.82, 2.24) is 0 Å². The van der Waals surface area contributed by atoms with Gasteiger partial charge in [0, 0.05) is 9.50 Å². The number of carbonyl (C=O) groups is 1. The van der Waals surface area contributed by atoms with Crippen LogP contribution < -0.4 is 9.64 Å². The fourth-order valence-electron chi connectivity index (χ4n) is 3.07. The molecule has 0 saturated carbocycles. The number of carbonyl (C=O) groups excluding carboxylic acids is 1. The zero-order valence-corrected chi connectivity index (χ0v) is 17.8. The molecule has 0 bridgehead atoms. The van der Waals surface area contributed by atoms with Crippen LogP contribution in [0.3, 0.4) is 0 Å². The second-order valence-corrected chi connectivity index (χ2v) is 7.69. The van der Waals surface area contributed by atoms with E-state index in [1.165, 1.54) is 0 Å². The summed E-state index contributed by atoms with van der Waals surface area (Å²) in [6.07, 6.45) is 1.76. The highest BCUT2D eigenvalue weighted by atomic mass is 79.9. The maximum absolute atomic E-state index is 13.3. The van der Waals surface area contributed by atoms with Crippen LogP contribution in [-0.2, 0) is 4.79 Å². The zero-order chi connectivity index (χ0) is 20.4. The molecule has 0 fully saturated rings. The fraction of sp³-hybridized carbons (Fsp3) is 0.0435. The van der Waals surface area contributed by atoms with Crippen molar-refractivity contribution < 1.29 is 9.53 Å². The molecule has 0 spiro atoms. The van der Waals surface area contributed by atoms with Crippen molar-refractivity contribution in [3.63, 3.8) is 0 Å². The molecular weight excluding hydrogens is 452 g/mol. The molecule has 4 rings (SSSR count). The molecule has 0 N–H and O–H groups in total. The van der Waals surface area contributed by atoms with Crippen molar-refractivity contribution in [1.29, 1.82) is 0 Å². The number of methoxy groups -OCH3 is 1. The molecule has 3 aromatic carbocycles. The van der Waals surface area contributed by atoms with Gasteiger partial charge in [0.15, 0.2) is 5.84 Å². The molecule has 3 aromatic rings. The molecule has 1 amide bonds. The second kappa shape index (κ2) is 8.23. The third-order valence-corrected chi connectivity index (χ3v) is 5.25. The maximum Gasteiger partial charge on any atom is 0.282 e. The SMILES string of the molecule is COc1ccccc1C1=N/C(=C/c2ccc(Cl)cc2)C(=O)N1c1ccc(Br)cc1. The third kappa shape index (κ3) is 3.97. The number of ether oxygens (including phenoxy) is 1. The normalized spacial score (nSPS) is 15.0. The molecule has 0 aromatic heterocycles. The molecular formula is C23H16BrClN2O2. The van der Waals surface area contributed by atoms with Gasteiger partial charge in [0.2, 0.25) is 0 Å². The fourth-order valence-corrected chi connectivity index (χ4v) is 3.46. The van der Waals surface area contributed by atoms with Crippen molar-refractivity contribution in [3.8, 4) is 5.75 Å². The first-order valence-electron chi connectivity index (χ1n) is 8.86. The number of hydrogen-bond acceptors (Lipinski definition) is 3. The van der Waals surface area contributed by atoms with Gasteiger partial charge < -0.3 is 4.74 Å². The Kier molecular flexibility index (Phi) is 5.51. The van der Waals surface area contributed by atoms with E-state index in [0.717, 1.165) is 21.3 Å². The number of aliphatic imine (C=N–C) groups is 1. The summed E-state index contributed by atoms with van der Waals surface area (Å²) >= 11 is 9.41. The van der Waals surface area contributed by atoms with Gasteiger partial charge in [-0.05, 0) is 60.2 Å². The second-order valence-electron chi connectivity index (χ2n) is 6.33. The highest BCUT2D eigenvalue weighted by Crippen LogP contribution is 2.31.